The molecular weight excluding hydrogens is 404 g/mol. The van der Waals surface area contributed by atoms with Crippen LogP contribution in [0, 0.1) is 6.92 Å². The zero-order chi connectivity index (χ0) is 14.9. The van der Waals surface area contributed by atoms with Gasteiger partial charge >= 0.3 is 0 Å². The zero-order valence-corrected chi connectivity index (χ0v) is 15.3. The fraction of sp³-hybridized carbons (Fsp3) is 0.214. The first kappa shape index (κ1) is 15.5. The van der Waals surface area contributed by atoms with E-state index < -0.39 is 0 Å². The van der Waals surface area contributed by atoms with E-state index in [0.29, 0.717) is 4.88 Å². The number of nitrogens with one attached hydrogen (secondary N) is 1. The third kappa shape index (κ3) is 3.42. The van der Waals surface area contributed by atoms with Crippen LogP contribution in [0.1, 0.15) is 15.2 Å². The van der Waals surface area contributed by atoms with Crippen LogP contribution in [0.4, 0.5) is 11.4 Å². The Balaban J connectivity index is 2.29. The van der Waals surface area contributed by atoms with Gasteiger partial charge in [-0.2, -0.15) is 0 Å². The summed E-state index contributed by atoms with van der Waals surface area (Å²) >= 11 is 8.31. The predicted molar refractivity (Wildman–Crippen MR) is 93.2 cm³/mol. The molecule has 20 heavy (non-hydrogen) atoms. The minimum Gasteiger partial charge on any atom is -0.376 e. The lowest BCUT2D eigenvalue weighted by atomic mass is 10.2. The molecule has 0 unspecified atom stereocenters. The number of aryl methyl sites for hydroxylation is 1. The lowest BCUT2D eigenvalue weighted by Crippen LogP contribution is -2.16. The third-order valence-electron chi connectivity index (χ3n) is 2.77. The Morgan fingerprint density at radius 2 is 1.95 bits per heavy atom. The van der Waals surface area contributed by atoms with Gasteiger partial charge in [0.2, 0.25) is 0 Å². The summed E-state index contributed by atoms with van der Waals surface area (Å²) in [4.78, 5) is 15.0. The van der Waals surface area contributed by atoms with Gasteiger partial charge < -0.3 is 10.2 Å². The van der Waals surface area contributed by atoms with Crippen LogP contribution >= 0.6 is 43.2 Å². The first-order valence-corrected chi connectivity index (χ1v) is 8.33. The van der Waals surface area contributed by atoms with E-state index in [2.05, 4.69) is 37.2 Å². The molecule has 0 aliphatic rings. The van der Waals surface area contributed by atoms with Gasteiger partial charge in [0.05, 0.1) is 20.0 Å². The lowest BCUT2D eigenvalue weighted by molar-refractivity contribution is 0.103. The van der Waals surface area contributed by atoms with E-state index in [1.165, 1.54) is 11.3 Å². The third-order valence-corrected chi connectivity index (χ3v) is 5.40. The van der Waals surface area contributed by atoms with Crippen LogP contribution in [0.3, 0.4) is 0 Å². The Kier molecular flexibility index (Phi) is 4.88. The molecule has 1 N–H and O–H groups in total. The highest BCUT2D eigenvalue weighted by atomic mass is 79.9. The van der Waals surface area contributed by atoms with Crippen LogP contribution in [-0.2, 0) is 0 Å². The van der Waals surface area contributed by atoms with Crippen LogP contribution in [-0.4, -0.2) is 20.0 Å². The first-order valence-electron chi connectivity index (χ1n) is 5.92. The zero-order valence-electron chi connectivity index (χ0n) is 11.3. The van der Waals surface area contributed by atoms with Gasteiger partial charge in [0.1, 0.15) is 0 Å². The van der Waals surface area contributed by atoms with Crippen molar-refractivity contribution in [3.8, 4) is 0 Å². The predicted octanol–water partition coefficient (Wildman–Crippen LogP) is 4.90. The number of carbonyl (C=O) groups excluding carboxylic acids is 1. The number of amides is 1. The average molecular weight is 418 g/mol. The van der Waals surface area contributed by atoms with Crippen molar-refractivity contribution in [1.29, 1.82) is 0 Å². The maximum Gasteiger partial charge on any atom is 0.265 e. The van der Waals surface area contributed by atoms with Gasteiger partial charge in [-0.1, -0.05) is 15.9 Å². The summed E-state index contributed by atoms with van der Waals surface area (Å²) < 4.78 is 1.92. The molecule has 0 saturated carbocycles. The SMILES string of the molecule is Cc1cc(C(=O)Nc2cc(Br)ccc2N(C)C)sc1Br. The topological polar surface area (TPSA) is 32.3 Å². The van der Waals surface area contributed by atoms with Gasteiger partial charge in [0.15, 0.2) is 0 Å². The molecule has 0 aliphatic heterocycles. The molecule has 1 aromatic heterocycles. The van der Waals surface area contributed by atoms with Gasteiger partial charge in [0.25, 0.3) is 5.91 Å². The number of halogens is 2. The monoisotopic (exact) mass is 416 g/mol. The number of thiophene rings is 1. The summed E-state index contributed by atoms with van der Waals surface area (Å²) in [5, 5.41) is 2.97. The molecular formula is C14H14Br2N2OS. The fourth-order valence-electron chi connectivity index (χ4n) is 1.75. The molecule has 0 fully saturated rings. The first-order chi connectivity index (χ1) is 9.38. The normalized spacial score (nSPS) is 10.4. The van der Waals surface area contributed by atoms with Crippen molar-refractivity contribution < 1.29 is 4.79 Å². The van der Waals surface area contributed by atoms with E-state index in [0.717, 1.165) is 25.2 Å². The largest absolute Gasteiger partial charge is 0.376 e. The molecule has 0 saturated heterocycles. The molecule has 6 heteroatoms. The number of hydrogen-bond acceptors (Lipinski definition) is 3. The van der Waals surface area contributed by atoms with E-state index in [9.17, 15) is 4.79 Å². The molecule has 0 aliphatic carbocycles. The smallest absolute Gasteiger partial charge is 0.265 e. The summed E-state index contributed by atoms with van der Waals surface area (Å²) in [5.74, 6) is -0.0926. The Hall–Kier alpha value is -0.850. The maximum atomic E-state index is 12.3. The highest BCUT2D eigenvalue weighted by Gasteiger charge is 2.14. The van der Waals surface area contributed by atoms with Crippen LogP contribution in [0.5, 0.6) is 0 Å². The summed E-state index contributed by atoms with van der Waals surface area (Å²) in [6, 6.07) is 7.71. The van der Waals surface area contributed by atoms with Gasteiger partial charge in [-0.3, -0.25) is 4.79 Å². The van der Waals surface area contributed by atoms with Crippen molar-refractivity contribution in [1.82, 2.24) is 0 Å². The number of nitrogens with zero attached hydrogens (tertiary/aromatic N) is 1. The van der Waals surface area contributed by atoms with Gasteiger partial charge in [-0.05, 0) is 52.7 Å². The van der Waals surface area contributed by atoms with E-state index in [1.54, 1.807) is 0 Å². The van der Waals surface area contributed by atoms with E-state index >= 15 is 0 Å². The fourth-order valence-corrected chi connectivity index (χ4v) is 3.55. The quantitative estimate of drug-likeness (QED) is 0.770. The summed E-state index contributed by atoms with van der Waals surface area (Å²) in [5.41, 5.74) is 2.83. The Labute approximate surface area is 139 Å². The molecule has 1 amide bonds. The second-order valence-corrected chi connectivity index (χ2v) is 7.86. The molecule has 0 atom stereocenters. The number of rotatable bonds is 3. The van der Waals surface area contributed by atoms with Crippen molar-refractivity contribution in [3.05, 3.63) is 43.0 Å². The summed E-state index contributed by atoms with van der Waals surface area (Å²) in [7, 11) is 3.90. The van der Waals surface area contributed by atoms with Gasteiger partial charge in [-0.25, -0.2) is 0 Å². The molecule has 2 rings (SSSR count). The van der Waals surface area contributed by atoms with Crippen LogP contribution in [0.15, 0.2) is 32.5 Å². The molecule has 0 spiro atoms. The minimum absolute atomic E-state index is 0.0926. The lowest BCUT2D eigenvalue weighted by Gasteiger charge is -2.18. The maximum absolute atomic E-state index is 12.3. The molecule has 1 heterocycles. The molecule has 0 bridgehead atoms. The van der Waals surface area contributed by atoms with Gasteiger partial charge in [0, 0.05) is 18.6 Å². The minimum atomic E-state index is -0.0926. The molecule has 0 radical (unpaired) electrons. The van der Waals surface area contributed by atoms with E-state index in [4.69, 9.17) is 0 Å². The standard InChI is InChI=1S/C14H14Br2N2OS/c1-8-6-12(20-13(8)16)14(19)17-10-7-9(15)4-5-11(10)18(2)3/h4-7H,1-3H3,(H,17,19). The summed E-state index contributed by atoms with van der Waals surface area (Å²) in [6.07, 6.45) is 0. The Morgan fingerprint density at radius 1 is 1.25 bits per heavy atom. The highest BCUT2D eigenvalue weighted by molar-refractivity contribution is 9.11. The van der Waals surface area contributed by atoms with Crippen molar-refractivity contribution in [3.63, 3.8) is 0 Å². The molecule has 3 nitrogen and oxygen atoms in total. The Bertz CT molecular complexity index is 633. The van der Waals surface area contributed by atoms with Crippen molar-refractivity contribution in [2.75, 3.05) is 24.3 Å². The molecule has 1 aromatic carbocycles. The van der Waals surface area contributed by atoms with Crippen molar-refractivity contribution in [2.45, 2.75) is 6.92 Å². The number of anilines is 2. The van der Waals surface area contributed by atoms with Crippen LogP contribution in [0.2, 0.25) is 0 Å². The van der Waals surface area contributed by atoms with E-state index in [1.807, 2.05) is 50.2 Å². The van der Waals surface area contributed by atoms with Crippen LogP contribution < -0.4 is 10.2 Å². The van der Waals surface area contributed by atoms with Gasteiger partial charge in [-0.15, -0.1) is 11.3 Å². The highest BCUT2D eigenvalue weighted by Crippen LogP contribution is 2.31. The van der Waals surface area contributed by atoms with Crippen molar-refractivity contribution in [2.24, 2.45) is 0 Å². The number of benzene rings is 1. The molecule has 106 valence electrons. The number of hydrogen-bond donors (Lipinski definition) is 1. The Morgan fingerprint density at radius 3 is 2.50 bits per heavy atom. The molecule has 2 aromatic rings. The van der Waals surface area contributed by atoms with E-state index in [-0.39, 0.29) is 5.91 Å². The second kappa shape index (κ2) is 6.28. The second-order valence-electron chi connectivity index (χ2n) is 4.58. The average Bonchev–Trinajstić information content (AvgIpc) is 2.69. The summed E-state index contributed by atoms with van der Waals surface area (Å²) in [6.45, 7) is 1.97. The van der Waals surface area contributed by atoms with Crippen LogP contribution in [0.25, 0.3) is 0 Å². The number of carbonyl (C=O) groups is 1. The van der Waals surface area contributed by atoms with Crippen molar-refractivity contribution >= 4 is 60.5 Å².